The van der Waals surface area contributed by atoms with Crippen molar-refractivity contribution in [2.75, 3.05) is 19.8 Å². The summed E-state index contributed by atoms with van der Waals surface area (Å²) in [5.74, 6) is 1.76. The van der Waals surface area contributed by atoms with Gasteiger partial charge in [0.25, 0.3) is 0 Å². The average Bonchev–Trinajstić information content (AvgIpc) is 2.83. The van der Waals surface area contributed by atoms with Crippen LogP contribution < -0.4 is 5.32 Å². The number of ether oxygens (including phenoxy) is 1. The van der Waals surface area contributed by atoms with E-state index >= 15 is 0 Å². The van der Waals surface area contributed by atoms with E-state index in [1.165, 1.54) is 51.5 Å². The van der Waals surface area contributed by atoms with Crippen molar-refractivity contribution in [2.24, 2.45) is 11.8 Å². The van der Waals surface area contributed by atoms with E-state index in [0.717, 1.165) is 31.1 Å². The van der Waals surface area contributed by atoms with E-state index in [1.807, 2.05) is 0 Å². The number of nitrogens with one attached hydrogen (secondary N) is 1. The predicted octanol–water partition coefficient (Wildman–Crippen LogP) is 2.97. The molecule has 0 radical (unpaired) electrons. The first-order chi connectivity index (χ1) is 7.86. The van der Waals surface area contributed by atoms with Gasteiger partial charge in [0, 0.05) is 19.3 Å². The summed E-state index contributed by atoms with van der Waals surface area (Å²) < 4.78 is 5.40. The molecule has 1 saturated carbocycles. The van der Waals surface area contributed by atoms with Gasteiger partial charge < -0.3 is 10.1 Å². The molecule has 2 rings (SSSR count). The standard InChI is InChI=1S/C14H27NO/c1-12(14-5-3-2-4-6-14)15-9-7-13-8-10-16-11-13/h12-15H,2-11H2,1H3. The Balaban J connectivity index is 1.57. The normalized spacial score (nSPS) is 29.4. The zero-order valence-electron chi connectivity index (χ0n) is 10.7. The maximum Gasteiger partial charge on any atom is 0.0495 e. The molecule has 1 saturated heterocycles. The first kappa shape index (κ1) is 12.4. The number of rotatable bonds is 5. The van der Waals surface area contributed by atoms with Crippen molar-refractivity contribution in [1.82, 2.24) is 5.32 Å². The van der Waals surface area contributed by atoms with Crippen LogP contribution in [0.3, 0.4) is 0 Å². The summed E-state index contributed by atoms with van der Waals surface area (Å²) in [6.07, 6.45) is 9.83. The summed E-state index contributed by atoms with van der Waals surface area (Å²) in [7, 11) is 0. The lowest BCUT2D eigenvalue weighted by atomic mass is 9.84. The Morgan fingerprint density at radius 1 is 1.19 bits per heavy atom. The van der Waals surface area contributed by atoms with Crippen LogP contribution in [0.1, 0.15) is 51.9 Å². The third-order valence-corrected chi connectivity index (χ3v) is 4.40. The fraction of sp³-hybridized carbons (Fsp3) is 1.00. The first-order valence-electron chi connectivity index (χ1n) is 7.17. The fourth-order valence-electron chi connectivity index (χ4n) is 3.13. The first-order valence-corrected chi connectivity index (χ1v) is 7.17. The monoisotopic (exact) mass is 225 g/mol. The van der Waals surface area contributed by atoms with Gasteiger partial charge in [-0.15, -0.1) is 0 Å². The summed E-state index contributed by atoms with van der Waals surface area (Å²) in [6.45, 7) is 5.55. The molecule has 1 aliphatic heterocycles. The molecule has 1 aliphatic carbocycles. The highest BCUT2D eigenvalue weighted by Crippen LogP contribution is 2.26. The van der Waals surface area contributed by atoms with Gasteiger partial charge in [0.1, 0.15) is 0 Å². The van der Waals surface area contributed by atoms with Gasteiger partial charge >= 0.3 is 0 Å². The van der Waals surface area contributed by atoms with Gasteiger partial charge in [-0.2, -0.15) is 0 Å². The van der Waals surface area contributed by atoms with Crippen molar-refractivity contribution in [1.29, 1.82) is 0 Å². The largest absolute Gasteiger partial charge is 0.381 e. The van der Waals surface area contributed by atoms with E-state index in [-0.39, 0.29) is 0 Å². The van der Waals surface area contributed by atoms with Crippen molar-refractivity contribution in [3.63, 3.8) is 0 Å². The zero-order chi connectivity index (χ0) is 11.2. The van der Waals surface area contributed by atoms with Crippen molar-refractivity contribution >= 4 is 0 Å². The SMILES string of the molecule is CC(NCCC1CCOC1)C1CCCCC1. The molecule has 1 N–H and O–H groups in total. The number of hydrogen-bond acceptors (Lipinski definition) is 2. The summed E-state index contributed by atoms with van der Waals surface area (Å²) in [5, 5.41) is 3.72. The van der Waals surface area contributed by atoms with E-state index < -0.39 is 0 Å². The van der Waals surface area contributed by atoms with Crippen LogP contribution in [0.15, 0.2) is 0 Å². The minimum atomic E-state index is 0.725. The van der Waals surface area contributed by atoms with Gasteiger partial charge in [-0.05, 0) is 51.0 Å². The molecule has 0 aromatic rings. The second kappa shape index (κ2) is 6.61. The molecule has 2 aliphatic rings. The molecule has 0 aromatic heterocycles. The van der Waals surface area contributed by atoms with E-state index in [2.05, 4.69) is 12.2 Å². The van der Waals surface area contributed by atoms with Gasteiger partial charge in [0.05, 0.1) is 0 Å². The highest BCUT2D eigenvalue weighted by molar-refractivity contribution is 4.76. The van der Waals surface area contributed by atoms with Crippen molar-refractivity contribution in [3.8, 4) is 0 Å². The Kier molecular flexibility index (Phi) is 5.11. The van der Waals surface area contributed by atoms with Crippen LogP contribution in [-0.2, 0) is 4.74 Å². The molecule has 1 heterocycles. The Labute approximate surface area is 100 Å². The maximum atomic E-state index is 5.40. The lowest BCUT2D eigenvalue weighted by Crippen LogP contribution is -2.35. The molecule has 0 bridgehead atoms. The quantitative estimate of drug-likeness (QED) is 0.776. The smallest absolute Gasteiger partial charge is 0.0495 e. The van der Waals surface area contributed by atoms with Crippen LogP contribution in [0.2, 0.25) is 0 Å². The molecule has 2 nitrogen and oxygen atoms in total. The van der Waals surface area contributed by atoms with Crippen LogP contribution in [0.5, 0.6) is 0 Å². The van der Waals surface area contributed by atoms with E-state index in [0.29, 0.717) is 0 Å². The molecule has 0 aromatic carbocycles. The third-order valence-electron chi connectivity index (χ3n) is 4.40. The van der Waals surface area contributed by atoms with Gasteiger partial charge in [-0.3, -0.25) is 0 Å². The van der Waals surface area contributed by atoms with Crippen LogP contribution >= 0.6 is 0 Å². The molecule has 2 heteroatoms. The molecule has 2 atom stereocenters. The Hall–Kier alpha value is -0.0800. The average molecular weight is 225 g/mol. The lowest BCUT2D eigenvalue weighted by molar-refractivity contribution is 0.183. The molecular weight excluding hydrogens is 198 g/mol. The summed E-state index contributed by atoms with van der Waals surface area (Å²) in [6, 6.07) is 0.725. The molecule has 94 valence electrons. The molecular formula is C14H27NO. The van der Waals surface area contributed by atoms with Crippen LogP contribution in [0.4, 0.5) is 0 Å². The molecule has 16 heavy (non-hydrogen) atoms. The minimum absolute atomic E-state index is 0.725. The van der Waals surface area contributed by atoms with Crippen LogP contribution in [0, 0.1) is 11.8 Å². The van der Waals surface area contributed by atoms with E-state index in [9.17, 15) is 0 Å². The highest BCUT2D eigenvalue weighted by atomic mass is 16.5. The highest BCUT2D eigenvalue weighted by Gasteiger charge is 2.20. The van der Waals surface area contributed by atoms with Crippen molar-refractivity contribution in [3.05, 3.63) is 0 Å². The van der Waals surface area contributed by atoms with E-state index in [4.69, 9.17) is 4.74 Å². The molecule has 0 amide bonds. The van der Waals surface area contributed by atoms with Gasteiger partial charge in [0.2, 0.25) is 0 Å². The van der Waals surface area contributed by atoms with Gasteiger partial charge in [-0.1, -0.05) is 19.3 Å². The topological polar surface area (TPSA) is 21.3 Å². The summed E-state index contributed by atoms with van der Waals surface area (Å²) in [4.78, 5) is 0. The maximum absolute atomic E-state index is 5.40. The van der Waals surface area contributed by atoms with Gasteiger partial charge in [0.15, 0.2) is 0 Å². The Morgan fingerprint density at radius 3 is 2.69 bits per heavy atom. The third kappa shape index (κ3) is 3.74. The second-order valence-electron chi connectivity index (χ2n) is 5.66. The van der Waals surface area contributed by atoms with Gasteiger partial charge in [-0.25, -0.2) is 0 Å². The van der Waals surface area contributed by atoms with Crippen LogP contribution in [-0.4, -0.2) is 25.8 Å². The second-order valence-corrected chi connectivity index (χ2v) is 5.66. The summed E-state index contributed by atoms with van der Waals surface area (Å²) in [5.41, 5.74) is 0. The zero-order valence-corrected chi connectivity index (χ0v) is 10.7. The van der Waals surface area contributed by atoms with E-state index in [1.54, 1.807) is 0 Å². The van der Waals surface area contributed by atoms with Crippen molar-refractivity contribution in [2.45, 2.75) is 57.9 Å². The van der Waals surface area contributed by atoms with Crippen LogP contribution in [0.25, 0.3) is 0 Å². The van der Waals surface area contributed by atoms with Crippen molar-refractivity contribution < 1.29 is 4.74 Å². The lowest BCUT2D eigenvalue weighted by Gasteiger charge is -2.28. The molecule has 2 unspecified atom stereocenters. The molecule has 2 fully saturated rings. The molecule has 0 spiro atoms. The predicted molar refractivity (Wildman–Crippen MR) is 67.6 cm³/mol. The Morgan fingerprint density at radius 2 is 2.00 bits per heavy atom. The fourth-order valence-corrected chi connectivity index (χ4v) is 3.13. The minimum Gasteiger partial charge on any atom is -0.381 e. The number of hydrogen-bond donors (Lipinski definition) is 1. The Bertz CT molecular complexity index is 183. The summed E-state index contributed by atoms with van der Waals surface area (Å²) >= 11 is 0.